The summed E-state index contributed by atoms with van der Waals surface area (Å²) in [7, 11) is 0. The lowest BCUT2D eigenvalue weighted by atomic mass is 9.82. The molecule has 4 atom stereocenters. The van der Waals surface area contributed by atoms with Crippen LogP contribution in [0, 0.1) is 39.5 Å². The van der Waals surface area contributed by atoms with Gasteiger partial charge in [0.2, 0.25) is 17.7 Å². The van der Waals surface area contributed by atoms with Crippen LogP contribution in [0.5, 0.6) is 0 Å². The quantitative estimate of drug-likeness (QED) is 0.154. The van der Waals surface area contributed by atoms with E-state index in [0.29, 0.717) is 113 Å². The lowest BCUT2D eigenvalue weighted by Gasteiger charge is -2.37. The fourth-order valence-corrected chi connectivity index (χ4v) is 13.3. The number of benzene rings is 2. The van der Waals surface area contributed by atoms with Gasteiger partial charge in [-0.05, 0) is 110 Å². The summed E-state index contributed by atoms with van der Waals surface area (Å²) in [5.74, 6) is 0.749. The van der Waals surface area contributed by atoms with Crippen molar-refractivity contribution in [2.45, 2.75) is 129 Å². The number of nitrogens with one attached hydrogen (secondary N) is 1. The van der Waals surface area contributed by atoms with E-state index in [0.717, 1.165) is 94.7 Å². The number of alkyl halides is 2. The Bertz CT molecular complexity index is 3140. The summed E-state index contributed by atoms with van der Waals surface area (Å²) in [6.45, 7) is 16.3. The number of piperazine rings is 2. The second kappa shape index (κ2) is 23.8. The zero-order valence-electron chi connectivity index (χ0n) is 48.2. The van der Waals surface area contributed by atoms with E-state index in [1.165, 1.54) is 6.92 Å². The number of piperidine rings is 2. The summed E-state index contributed by atoms with van der Waals surface area (Å²) >= 11 is 0. The molecule has 21 heteroatoms. The highest BCUT2D eigenvalue weighted by Crippen LogP contribution is 2.58. The Hall–Kier alpha value is -6.87. The molecule has 82 heavy (non-hydrogen) atoms. The number of aromatic nitrogens is 4. The van der Waals surface area contributed by atoms with Gasteiger partial charge >= 0.3 is 5.97 Å². The van der Waals surface area contributed by atoms with Crippen LogP contribution >= 0.6 is 0 Å². The monoisotopic (exact) mass is 1130 g/mol. The number of aliphatic hydroxyl groups is 1. The molecule has 4 aliphatic carbocycles. The molecule has 6 heterocycles. The number of likely N-dealkylation sites (tertiary alicyclic amines) is 2. The minimum Gasteiger partial charge on any atom is -0.456 e. The number of hydrogen-bond acceptors (Lipinski definition) is 12. The maximum Gasteiger partial charge on any atom is 0.303 e. The van der Waals surface area contributed by atoms with Gasteiger partial charge in [-0.15, -0.1) is 0 Å². The van der Waals surface area contributed by atoms with E-state index >= 15 is 8.78 Å². The van der Waals surface area contributed by atoms with E-state index in [2.05, 4.69) is 20.3 Å². The average molecular weight is 1130 g/mol. The minimum atomic E-state index is -1.44. The van der Waals surface area contributed by atoms with E-state index in [9.17, 15) is 33.6 Å². The molecule has 8 aliphatic rings. The number of amides is 5. The summed E-state index contributed by atoms with van der Waals surface area (Å²) in [5.41, 5.74) is 7.88. The molecule has 4 aromatic rings. The first-order valence-corrected chi connectivity index (χ1v) is 29.2. The second-order valence-electron chi connectivity index (χ2n) is 23.8. The molecule has 0 spiro atoms. The highest BCUT2D eigenvalue weighted by molar-refractivity contribution is 5.95. The van der Waals surface area contributed by atoms with Crippen LogP contribution in [0.1, 0.15) is 141 Å². The molecule has 0 radical (unpaired) electrons. The zero-order chi connectivity index (χ0) is 58.4. The predicted molar refractivity (Wildman–Crippen MR) is 298 cm³/mol. The van der Waals surface area contributed by atoms with E-state index in [1.807, 2.05) is 64.1 Å². The van der Waals surface area contributed by atoms with E-state index in [4.69, 9.17) is 5.11 Å². The molecule has 12 rings (SSSR count). The van der Waals surface area contributed by atoms with Gasteiger partial charge in [0.05, 0.1) is 0 Å². The number of aliphatic hydroxyl groups excluding tert-OH is 1. The van der Waals surface area contributed by atoms with Crippen LogP contribution in [-0.2, 0) is 66.0 Å². The highest BCUT2D eigenvalue weighted by Gasteiger charge is 2.52. The Morgan fingerprint density at radius 1 is 0.585 bits per heavy atom. The lowest BCUT2D eigenvalue weighted by Crippen LogP contribution is -2.51. The van der Waals surface area contributed by atoms with Gasteiger partial charge in [0.1, 0.15) is 36.7 Å². The standard InChI is InChI=1S/C29H36FN5O4.C24H28FN3O2.C8H14N2O3/c1-18-4-3-5-22(19(18)2)29(30)6-8-32(9-7-29)24(37)16-35-23-15-20-14-21(20)26(23)27(31-35)28(39)34-12-10-33(11-13-34)25(38)17-36;1-14-5-4-6-19(15(14)2)24(25)7-9-27(10-8-24)21(30)13-28-20-12-17-11-18(17)22(20)23(26-28)16(3)29;1-7(11)13-6-8(12)10-4-2-9-3-5-10/h3-5,20-21,36H,6-17H2,1-2H3;4-6,17-18H,7-13H2,1-3H3;9H,2-6H2,1H3/t20-,21-;17-,18-;/m11./s1. The summed E-state index contributed by atoms with van der Waals surface area (Å²) in [6, 6.07) is 11.5. The number of Topliss-reactive ketones (excluding diaryl/α,β-unsaturated/α-hetero) is 1. The Morgan fingerprint density at radius 3 is 1.46 bits per heavy atom. The zero-order valence-corrected chi connectivity index (χ0v) is 48.2. The third-order valence-corrected chi connectivity index (χ3v) is 18.7. The molecule has 19 nitrogen and oxygen atoms in total. The van der Waals surface area contributed by atoms with Crippen LogP contribution in [0.3, 0.4) is 0 Å². The summed E-state index contributed by atoms with van der Waals surface area (Å²) in [6.07, 6.45) is 5.06. The predicted octanol–water partition coefficient (Wildman–Crippen LogP) is 4.75. The maximum absolute atomic E-state index is 16.0. The van der Waals surface area contributed by atoms with Gasteiger partial charge in [0.15, 0.2) is 18.1 Å². The molecule has 2 aromatic carbocycles. The van der Waals surface area contributed by atoms with Crippen molar-refractivity contribution in [3.8, 4) is 0 Å². The van der Waals surface area contributed by atoms with Crippen molar-refractivity contribution in [3.63, 3.8) is 0 Å². The van der Waals surface area contributed by atoms with Crippen molar-refractivity contribution in [3.05, 3.63) is 104 Å². The molecule has 0 bridgehead atoms. The SMILES string of the molecule is CC(=O)OCC(=O)N1CCNCC1.CC(=O)c1nn(CC(=O)N2CCC(F)(c3cccc(C)c3C)CC2)c2c1[C@@H]1C[C@@H]1C2.Cc1cccc(C2(F)CCN(C(=O)Cn3nc(C(=O)N4CCN(C(=O)CO)CC4)c4c3C[C@H]3C[C@@H]43)CC2)c1C. The summed E-state index contributed by atoms with van der Waals surface area (Å²) in [4.78, 5) is 93.8. The number of esters is 1. The molecule has 2 saturated carbocycles. The molecule has 440 valence electrons. The van der Waals surface area contributed by atoms with Crippen LogP contribution in [-0.4, -0.2) is 182 Å². The molecule has 6 fully saturated rings. The minimum absolute atomic E-state index is 0.0290. The third-order valence-electron chi connectivity index (χ3n) is 18.7. The number of fused-ring (bicyclic) bond motifs is 6. The van der Waals surface area contributed by atoms with Crippen molar-refractivity contribution in [1.29, 1.82) is 0 Å². The van der Waals surface area contributed by atoms with Gasteiger partial charge in [-0.25, -0.2) is 8.78 Å². The molecule has 0 unspecified atom stereocenters. The van der Waals surface area contributed by atoms with Gasteiger partial charge in [-0.3, -0.25) is 42.9 Å². The number of carbonyl (C=O) groups is 7. The largest absolute Gasteiger partial charge is 0.456 e. The second-order valence-corrected chi connectivity index (χ2v) is 23.8. The van der Waals surface area contributed by atoms with Crippen LogP contribution < -0.4 is 5.32 Å². The van der Waals surface area contributed by atoms with Gasteiger partial charge in [0.25, 0.3) is 11.8 Å². The first kappa shape index (κ1) is 58.3. The molecule has 4 saturated heterocycles. The topological polar surface area (TPSA) is 213 Å². The van der Waals surface area contributed by atoms with E-state index in [-0.39, 0.29) is 67.9 Å². The smallest absolute Gasteiger partial charge is 0.303 e. The third kappa shape index (κ3) is 12.0. The molecular weight excluding hydrogens is 1050 g/mol. The first-order chi connectivity index (χ1) is 39.2. The number of rotatable bonds is 11. The Balaban J connectivity index is 0.000000154. The first-order valence-electron chi connectivity index (χ1n) is 29.2. The number of ether oxygens (including phenoxy) is 1. The number of ketones is 1. The molecular formula is C61H78F2N10O9. The van der Waals surface area contributed by atoms with Crippen LogP contribution in [0.4, 0.5) is 8.78 Å². The Labute approximate surface area is 477 Å². The molecule has 2 aromatic heterocycles. The summed E-state index contributed by atoms with van der Waals surface area (Å²) in [5, 5.41) is 21.4. The van der Waals surface area contributed by atoms with Crippen molar-refractivity contribution in [1.82, 2.24) is 49.4 Å². The van der Waals surface area contributed by atoms with Gasteiger partial charge < -0.3 is 39.7 Å². The number of nitrogens with zero attached hydrogens (tertiary/aromatic N) is 9. The molecule has 4 aliphatic heterocycles. The van der Waals surface area contributed by atoms with Gasteiger partial charge in [-0.1, -0.05) is 36.4 Å². The van der Waals surface area contributed by atoms with E-state index in [1.54, 1.807) is 40.8 Å². The van der Waals surface area contributed by atoms with E-state index < -0.39 is 23.9 Å². The fourth-order valence-electron chi connectivity index (χ4n) is 13.3. The summed E-state index contributed by atoms with van der Waals surface area (Å²) < 4.78 is 39.8. The van der Waals surface area contributed by atoms with Crippen LogP contribution in [0.25, 0.3) is 0 Å². The number of hydrogen-bond donors (Lipinski definition) is 2. The highest BCUT2D eigenvalue weighted by atomic mass is 19.1. The van der Waals surface area contributed by atoms with Gasteiger partial charge in [0, 0.05) is 141 Å². The number of carbonyl (C=O) groups excluding carboxylic acids is 7. The Morgan fingerprint density at radius 2 is 1.01 bits per heavy atom. The van der Waals surface area contributed by atoms with Crippen molar-refractivity contribution < 1.29 is 52.2 Å². The van der Waals surface area contributed by atoms with Gasteiger partial charge in [-0.2, -0.15) is 10.2 Å². The van der Waals surface area contributed by atoms with Crippen molar-refractivity contribution >= 4 is 41.3 Å². The fraction of sp³-hybridized carbons (Fsp3) is 0.590. The van der Waals surface area contributed by atoms with Crippen molar-refractivity contribution in [2.75, 3.05) is 91.8 Å². The Kier molecular flexibility index (Phi) is 16.9. The lowest BCUT2D eigenvalue weighted by molar-refractivity contribution is -0.150. The molecule has 5 amide bonds. The maximum atomic E-state index is 16.0. The van der Waals surface area contributed by atoms with Crippen LogP contribution in [0.15, 0.2) is 36.4 Å². The average Bonchev–Trinajstić information content (AvgIpc) is 4.36. The number of halogens is 2. The van der Waals surface area contributed by atoms with Crippen molar-refractivity contribution in [2.24, 2.45) is 11.8 Å². The normalized spacial score (nSPS) is 22.5. The molecule has 2 N–H and O–H groups in total. The number of aryl methyl sites for hydroxylation is 2. The van der Waals surface area contributed by atoms with Crippen LogP contribution in [0.2, 0.25) is 0 Å².